The molecule has 2 aromatic rings. The fourth-order valence-corrected chi connectivity index (χ4v) is 4.76. The number of benzene rings is 1. The van der Waals surface area contributed by atoms with Crippen LogP contribution in [0.25, 0.3) is 0 Å². The van der Waals surface area contributed by atoms with E-state index in [1.165, 1.54) is 12.1 Å². The van der Waals surface area contributed by atoms with Crippen LogP contribution < -0.4 is 0 Å². The third-order valence-electron chi connectivity index (χ3n) is 6.08. The predicted octanol–water partition coefficient (Wildman–Crippen LogP) is 3.14. The van der Waals surface area contributed by atoms with Gasteiger partial charge in [0.1, 0.15) is 5.69 Å². The Balaban J connectivity index is 1.43. The lowest BCUT2D eigenvalue weighted by atomic mass is 9.79. The van der Waals surface area contributed by atoms with Crippen LogP contribution in [-0.4, -0.2) is 51.7 Å². The van der Waals surface area contributed by atoms with E-state index in [1.54, 1.807) is 17.8 Å². The number of aromatic nitrogens is 2. The second-order valence-electron chi connectivity index (χ2n) is 8.33. The molecule has 3 heterocycles. The van der Waals surface area contributed by atoms with Crippen molar-refractivity contribution in [1.82, 2.24) is 19.6 Å². The molecule has 2 aliphatic heterocycles. The van der Waals surface area contributed by atoms with Crippen molar-refractivity contribution in [3.63, 3.8) is 0 Å². The first-order valence-electron chi connectivity index (χ1n) is 9.81. The molecular weight excluding hydrogens is 362 g/mol. The molecule has 2 fully saturated rings. The minimum atomic E-state index is -0.811. The van der Waals surface area contributed by atoms with E-state index in [0.29, 0.717) is 12.2 Å². The van der Waals surface area contributed by atoms with Crippen molar-refractivity contribution in [2.75, 3.05) is 26.2 Å². The van der Waals surface area contributed by atoms with Gasteiger partial charge in [0.25, 0.3) is 5.91 Å². The predicted molar refractivity (Wildman–Crippen MR) is 102 cm³/mol. The zero-order valence-corrected chi connectivity index (χ0v) is 16.4. The van der Waals surface area contributed by atoms with Gasteiger partial charge in [-0.05, 0) is 56.5 Å². The first-order chi connectivity index (χ1) is 13.3. The van der Waals surface area contributed by atoms with Gasteiger partial charge in [-0.25, -0.2) is 8.78 Å². The molecule has 1 aromatic carbocycles. The fourth-order valence-electron chi connectivity index (χ4n) is 4.76. The van der Waals surface area contributed by atoms with E-state index in [4.69, 9.17) is 0 Å². The van der Waals surface area contributed by atoms with Gasteiger partial charge in [-0.1, -0.05) is 6.07 Å². The van der Waals surface area contributed by atoms with Gasteiger partial charge in [-0.15, -0.1) is 0 Å². The number of amides is 1. The third kappa shape index (κ3) is 3.68. The van der Waals surface area contributed by atoms with Gasteiger partial charge >= 0.3 is 0 Å². The van der Waals surface area contributed by atoms with Gasteiger partial charge in [0.2, 0.25) is 0 Å². The Bertz CT molecular complexity index is 897. The average molecular weight is 388 g/mol. The standard InChI is InChI=1S/C21H26F2N4O/c1-15-10-19(25(2)24-15)20(28)27-9-7-21(14-27)6-3-8-26(13-21)12-16-4-5-17(22)18(23)11-16/h4-5,10-11H,3,6-9,12-14H2,1-2H3/t21-/m1/s1. The number of carbonyl (C=O) groups excluding carboxylic acids is 1. The average Bonchev–Trinajstić information content (AvgIpc) is 3.20. The summed E-state index contributed by atoms with van der Waals surface area (Å²) < 4.78 is 28.3. The van der Waals surface area contributed by atoms with Gasteiger partial charge in [-0.3, -0.25) is 14.4 Å². The summed E-state index contributed by atoms with van der Waals surface area (Å²) >= 11 is 0. The van der Waals surface area contributed by atoms with Crippen molar-refractivity contribution in [3.8, 4) is 0 Å². The smallest absolute Gasteiger partial charge is 0.272 e. The Morgan fingerprint density at radius 3 is 2.68 bits per heavy atom. The molecule has 0 unspecified atom stereocenters. The number of aryl methyl sites for hydroxylation is 2. The van der Waals surface area contributed by atoms with E-state index in [0.717, 1.165) is 56.7 Å². The minimum Gasteiger partial charge on any atom is -0.337 e. The van der Waals surface area contributed by atoms with Gasteiger partial charge < -0.3 is 4.90 Å². The number of halogens is 2. The summed E-state index contributed by atoms with van der Waals surface area (Å²) in [7, 11) is 1.80. The Labute approximate surface area is 163 Å². The van der Waals surface area contributed by atoms with E-state index in [1.807, 2.05) is 17.9 Å². The maximum atomic E-state index is 13.5. The Morgan fingerprint density at radius 1 is 1.14 bits per heavy atom. The molecule has 1 amide bonds. The van der Waals surface area contributed by atoms with Crippen molar-refractivity contribution >= 4 is 5.91 Å². The topological polar surface area (TPSA) is 41.4 Å². The molecule has 2 saturated heterocycles. The van der Waals surface area contributed by atoms with Crippen LogP contribution >= 0.6 is 0 Å². The zero-order valence-electron chi connectivity index (χ0n) is 16.4. The van der Waals surface area contributed by atoms with Crippen LogP contribution in [0.15, 0.2) is 24.3 Å². The molecule has 1 aromatic heterocycles. The van der Waals surface area contributed by atoms with E-state index in [9.17, 15) is 13.6 Å². The molecule has 0 bridgehead atoms. The number of hydrogen-bond donors (Lipinski definition) is 0. The maximum Gasteiger partial charge on any atom is 0.272 e. The van der Waals surface area contributed by atoms with Gasteiger partial charge in [0, 0.05) is 38.6 Å². The maximum absolute atomic E-state index is 13.5. The normalized spacial score (nSPS) is 22.9. The second-order valence-corrected chi connectivity index (χ2v) is 8.33. The van der Waals surface area contributed by atoms with Crippen LogP contribution in [0.3, 0.4) is 0 Å². The largest absolute Gasteiger partial charge is 0.337 e. The Morgan fingerprint density at radius 2 is 1.96 bits per heavy atom. The van der Waals surface area contributed by atoms with Crippen LogP contribution in [0.1, 0.15) is 41.0 Å². The molecule has 0 aliphatic carbocycles. The lowest BCUT2D eigenvalue weighted by molar-refractivity contribution is 0.0667. The summed E-state index contributed by atoms with van der Waals surface area (Å²) in [6.07, 6.45) is 3.12. The molecule has 5 nitrogen and oxygen atoms in total. The summed E-state index contributed by atoms with van der Waals surface area (Å²) in [6.45, 7) is 5.80. The van der Waals surface area contributed by atoms with Crippen LogP contribution in [0, 0.1) is 24.0 Å². The minimum absolute atomic E-state index is 0.0395. The number of piperidine rings is 1. The molecular formula is C21H26F2N4O. The van der Waals surface area contributed by atoms with Crippen molar-refractivity contribution in [3.05, 3.63) is 52.9 Å². The van der Waals surface area contributed by atoms with E-state index in [2.05, 4.69) is 10.00 Å². The highest BCUT2D eigenvalue weighted by Crippen LogP contribution is 2.39. The lowest BCUT2D eigenvalue weighted by Gasteiger charge is -2.40. The first-order valence-corrected chi connectivity index (χ1v) is 9.81. The third-order valence-corrected chi connectivity index (χ3v) is 6.08. The van der Waals surface area contributed by atoms with E-state index in [-0.39, 0.29) is 11.3 Å². The number of nitrogens with zero attached hydrogens (tertiary/aromatic N) is 4. The number of likely N-dealkylation sites (tertiary alicyclic amines) is 2. The van der Waals surface area contributed by atoms with Crippen molar-refractivity contribution in [2.24, 2.45) is 12.5 Å². The highest BCUT2D eigenvalue weighted by atomic mass is 19.2. The monoisotopic (exact) mass is 388 g/mol. The lowest BCUT2D eigenvalue weighted by Crippen LogP contribution is -2.45. The molecule has 7 heteroatoms. The summed E-state index contributed by atoms with van der Waals surface area (Å²) in [5.41, 5.74) is 2.34. The van der Waals surface area contributed by atoms with Crippen molar-refractivity contribution in [2.45, 2.75) is 32.7 Å². The van der Waals surface area contributed by atoms with Gasteiger partial charge in [0.05, 0.1) is 5.69 Å². The fraction of sp³-hybridized carbons (Fsp3) is 0.524. The van der Waals surface area contributed by atoms with E-state index < -0.39 is 11.6 Å². The van der Waals surface area contributed by atoms with E-state index >= 15 is 0 Å². The number of rotatable bonds is 3. The Hall–Kier alpha value is -2.28. The van der Waals surface area contributed by atoms with Gasteiger partial charge in [0.15, 0.2) is 11.6 Å². The molecule has 0 saturated carbocycles. The molecule has 28 heavy (non-hydrogen) atoms. The van der Waals surface area contributed by atoms with Crippen molar-refractivity contribution < 1.29 is 13.6 Å². The molecule has 1 spiro atoms. The summed E-state index contributed by atoms with van der Waals surface area (Å²) in [6, 6.07) is 5.96. The molecule has 4 rings (SSSR count). The zero-order chi connectivity index (χ0) is 19.9. The molecule has 0 N–H and O–H groups in total. The van der Waals surface area contributed by atoms with Crippen molar-refractivity contribution in [1.29, 1.82) is 0 Å². The van der Waals surface area contributed by atoms with Crippen LogP contribution in [0.5, 0.6) is 0 Å². The Kier molecular flexibility index (Phi) is 4.95. The quantitative estimate of drug-likeness (QED) is 0.811. The highest BCUT2D eigenvalue weighted by molar-refractivity contribution is 5.93. The summed E-state index contributed by atoms with van der Waals surface area (Å²) in [4.78, 5) is 17.2. The molecule has 2 aliphatic rings. The SMILES string of the molecule is Cc1cc(C(=O)N2CC[C@@]3(CCCN(Cc4ccc(F)c(F)c4)C3)C2)n(C)n1. The molecule has 150 valence electrons. The second kappa shape index (κ2) is 7.28. The summed E-state index contributed by atoms with van der Waals surface area (Å²) in [5, 5.41) is 4.28. The van der Waals surface area contributed by atoms with Crippen LogP contribution in [0.2, 0.25) is 0 Å². The number of hydrogen-bond acceptors (Lipinski definition) is 3. The van der Waals surface area contributed by atoms with Crippen LogP contribution in [-0.2, 0) is 13.6 Å². The van der Waals surface area contributed by atoms with Gasteiger partial charge in [-0.2, -0.15) is 5.10 Å². The number of carbonyl (C=O) groups is 1. The molecule has 0 radical (unpaired) electrons. The molecule has 1 atom stereocenters. The summed E-state index contributed by atoms with van der Waals surface area (Å²) in [5.74, 6) is -1.57. The highest BCUT2D eigenvalue weighted by Gasteiger charge is 2.43. The first kappa shape index (κ1) is 19.1. The van der Waals surface area contributed by atoms with Crippen LogP contribution in [0.4, 0.5) is 8.78 Å².